The van der Waals surface area contributed by atoms with Gasteiger partial charge in [0.1, 0.15) is 22.6 Å². The van der Waals surface area contributed by atoms with Crippen molar-refractivity contribution in [3.8, 4) is 17.0 Å². The molecule has 1 heterocycles. The van der Waals surface area contributed by atoms with E-state index >= 15 is 0 Å². The maximum atomic E-state index is 14.4. The number of nitrogens with zero attached hydrogens (tertiary/aromatic N) is 1. The standard InChI is InChI=1S/C40H36N2O9/c1-5-50-31(43)25-51-40(46)37-33(39(45)49-4)32(38(44)48-3)35(28-21-23-30(47-2)24-22-28)42(37)36(27-17-11-7-12-18-27)34(26-15-9-6-10-16-26)41-29-19-13-8-14-20-29/h6-24,41H,5,25H2,1-4H3/b36-34-. The highest BCUT2D eigenvalue weighted by molar-refractivity contribution is 6.16. The van der Waals surface area contributed by atoms with Crippen LogP contribution in [-0.4, -0.2) is 63.0 Å². The minimum Gasteiger partial charge on any atom is -0.497 e. The Kier molecular flexibility index (Phi) is 11.7. The highest BCUT2D eigenvalue weighted by Crippen LogP contribution is 2.41. The molecule has 5 rings (SSSR count). The minimum absolute atomic E-state index is 0.0563. The van der Waals surface area contributed by atoms with Gasteiger partial charge >= 0.3 is 23.9 Å². The summed E-state index contributed by atoms with van der Waals surface area (Å²) >= 11 is 0. The zero-order valence-electron chi connectivity index (χ0n) is 28.5. The number of carbonyl (C=O) groups is 4. The number of ether oxygens (including phenoxy) is 5. The van der Waals surface area contributed by atoms with Crippen molar-refractivity contribution in [1.82, 2.24) is 4.57 Å². The highest BCUT2D eigenvalue weighted by atomic mass is 16.6. The average molecular weight is 689 g/mol. The van der Waals surface area contributed by atoms with E-state index in [4.69, 9.17) is 23.7 Å². The monoisotopic (exact) mass is 688 g/mol. The molecule has 0 aliphatic heterocycles. The van der Waals surface area contributed by atoms with Gasteiger partial charge in [-0.3, -0.25) is 4.57 Å². The van der Waals surface area contributed by atoms with E-state index in [2.05, 4.69) is 5.32 Å². The van der Waals surface area contributed by atoms with Gasteiger partial charge in [-0.05, 0) is 48.9 Å². The number of nitrogens with one attached hydrogen (secondary N) is 1. The fourth-order valence-corrected chi connectivity index (χ4v) is 5.53. The summed E-state index contributed by atoms with van der Waals surface area (Å²) in [5.74, 6) is -3.33. The third kappa shape index (κ3) is 7.83. The van der Waals surface area contributed by atoms with Crippen LogP contribution in [0.1, 0.15) is 49.3 Å². The summed E-state index contributed by atoms with van der Waals surface area (Å²) in [6.45, 7) is 0.911. The van der Waals surface area contributed by atoms with Gasteiger partial charge in [-0.2, -0.15) is 0 Å². The van der Waals surface area contributed by atoms with E-state index in [-0.39, 0.29) is 23.6 Å². The van der Waals surface area contributed by atoms with Gasteiger partial charge in [0.25, 0.3) is 0 Å². The lowest BCUT2D eigenvalue weighted by molar-refractivity contribution is -0.146. The number of aromatic nitrogens is 1. The van der Waals surface area contributed by atoms with Crippen LogP contribution < -0.4 is 10.1 Å². The Morgan fingerprint density at radius 2 is 1.18 bits per heavy atom. The second-order valence-electron chi connectivity index (χ2n) is 10.8. The molecule has 4 aromatic carbocycles. The van der Waals surface area contributed by atoms with Gasteiger partial charge in [0, 0.05) is 16.8 Å². The van der Waals surface area contributed by atoms with Crippen LogP contribution in [0.3, 0.4) is 0 Å². The number of hydrogen-bond donors (Lipinski definition) is 1. The van der Waals surface area contributed by atoms with Crippen molar-refractivity contribution < 1.29 is 42.9 Å². The molecule has 0 bridgehead atoms. The zero-order chi connectivity index (χ0) is 36.3. The Morgan fingerprint density at radius 3 is 1.73 bits per heavy atom. The Hall–Kier alpha value is -6.62. The number of rotatable bonds is 13. The third-order valence-corrected chi connectivity index (χ3v) is 7.75. The van der Waals surface area contributed by atoms with Gasteiger partial charge in [0.15, 0.2) is 6.61 Å². The summed E-state index contributed by atoms with van der Waals surface area (Å²) in [5.41, 5.74) is 2.25. The van der Waals surface area contributed by atoms with E-state index in [1.165, 1.54) is 11.7 Å². The van der Waals surface area contributed by atoms with Crippen molar-refractivity contribution in [2.24, 2.45) is 0 Å². The minimum atomic E-state index is -1.10. The number of hydrogen-bond acceptors (Lipinski definition) is 10. The summed E-state index contributed by atoms with van der Waals surface area (Å²) < 4.78 is 27.8. The van der Waals surface area contributed by atoms with Crippen molar-refractivity contribution in [2.75, 3.05) is 39.9 Å². The lowest BCUT2D eigenvalue weighted by Gasteiger charge is -2.23. The van der Waals surface area contributed by atoms with Crippen LogP contribution in [0, 0.1) is 0 Å². The number of para-hydroxylation sites is 1. The lowest BCUT2D eigenvalue weighted by Crippen LogP contribution is -2.22. The largest absolute Gasteiger partial charge is 0.497 e. The molecule has 0 saturated heterocycles. The molecule has 1 aromatic heterocycles. The second kappa shape index (κ2) is 16.7. The summed E-state index contributed by atoms with van der Waals surface area (Å²) in [7, 11) is 3.81. The van der Waals surface area contributed by atoms with Crippen molar-refractivity contribution >= 4 is 41.0 Å². The summed E-state index contributed by atoms with van der Waals surface area (Å²) in [5, 5.41) is 3.52. The molecule has 0 amide bonds. The van der Waals surface area contributed by atoms with E-state index < -0.39 is 36.0 Å². The first-order chi connectivity index (χ1) is 24.8. The van der Waals surface area contributed by atoms with Crippen LogP contribution in [0.25, 0.3) is 22.7 Å². The molecule has 51 heavy (non-hydrogen) atoms. The van der Waals surface area contributed by atoms with E-state index in [9.17, 15) is 19.2 Å². The molecular weight excluding hydrogens is 652 g/mol. The van der Waals surface area contributed by atoms with Crippen LogP contribution >= 0.6 is 0 Å². The maximum Gasteiger partial charge on any atom is 0.356 e. The van der Waals surface area contributed by atoms with Crippen LogP contribution in [-0.2, 0) is 23.7 Å². The van der Waals surface area contributed by atoms with Gasteiger partial charge in [-0.15, -0.1) is 0 Å². The smallest absolute Gasteiger partial charge is 0.356 e. The van der Waals surface area contributed by atoms with Gasteiger partial charge < -0.3 is 29.0 Å². The molecule has 0 atom stereocenters. The van der Waals surface area contributed by atoms with Crippen LogP contribution in [0.5, 0.6) is 5.75 Å². The topological polar surface area (TPSA) is 131 Å². The number of carbonyl (C=O) groups excluding carboxylic acids is 4. The molecular formula is C40H36N2O9. The van der Waals surface area contributed by atoms with Gasteiger partial charge in [0.2, 0.25) is 0 Å². The highest BCUT2D eigenvalue weighted by Gasteiger charge is 2.39. The first-order valence-electron chi connectivity index (χ1n) is 15.9. The third-order valence-electron chi connectivity index (χ3n) is 7.75. The quantitative estimate of drug-likeness (QED) is 0.0788. The van der Waals surface area contributed by atoms with Crippen molar-refractivity contribution in [3.05, 3.63) is 143 Å². The summed E-state index contributed by atoms with van der Waals surface area (Å²) in [6, 6.07) is 34.6. The molecule has 5 aromatic rings. The van der Waals surface area contributed by atoms with Crippen molar-refractivity contribution in [3.63, 3.8) is 0 Å². The molecule has 0 saturated carbocycles. The van der Waals surface area contributed by atoms with Gasteiger partial charge in [-0.25, -0.2) is 19.2 Å². The number of methoxy groups -OCH3 is 3. The average Bonchev–Trinajstić information content (AvgIpc) is 3.53. The Balaban J connectivity index is 2.03. The van der Waals surface area contributed by atoms with E-state index in [0.717, 1.165) is 14.2 Å². The molecule has 11 heteroatoms. The van der Waals surface area contributed by atoms with Gasteiger partial charge in [0.05, 0.1) is 45.0 Å². The van der Waals surface area contributed by atoms with E-state index in [1.54, 1.807) is 31.2 Å². The molecule has 11 nitrogen and oxygen atoms in total. The van der Waals surface area contributed by atoms with Crippen LogP contribution in [0.4, 0.5) is 5.69 Å². The SMILES string of the molecule is CCOC(=O)COC(=O)c1c(C(=O)OC)c(C(=O)OC)c(-c2ccc(OC)cc2)n1/C(=C(\Nc1ccccc1)c1ccccc1)c1ccccc1. The fourth-order valence-electron chi connectivity index (χ4n) is 5.53. The van der Waals surface area contributed by atoms with Gasteiger partial charge in [-0.1, -0.05) is 78.9 Å². The van der Waals surface area contributed by atoms with Crippen LogP contribution in [0.2, 0.25) is 0 Å². The van der Waals surface area contributed by atoms with Crippen molar-refractivity contribution in [2.45, 2.75) is 6.92 Å². The molecule has 0 radical (unpaired) electrons. The molecule has 1 N–H and O–H groups in total. The fraction of sp³-hybridized carbons (Fsp3) is 0.150. The summed E-state index contributed by atoms with van der Waals surface area (Å²) in [6.07, 6.45) is 0. The molecule has 0 fully saturated rings. The molecule has 0 aliphatic rings. The number of benzene rings is 4. The predicted molar refractivity (Wildman–Crippen MR) is 191 cm³/mol. The molecule has 0 spiro atoms. The van der Waals surface area contributed by atoms with E-state index in [0.29, 0.717) is 39.5 Å². The second-order valence-corrected chi connectivity index (χ2v) is 10.8. The first kappa shape index (κ1) is 35.7. The Morgan fingerprint density at radius 1 is 0.627 bits per heavy atom. The molecule has 260 valence electrons. The zero-order valence-corrected chi connectivity index (χ0v) is 28.5. The summed E-state index contributed by atoms with van der Waals surface area (Å²) in [4.78, 5) is 54.5. The van der Waals surface area contributed by atoms with E-state index in [1.807, 2.05) is 91.0 Å². The lowest BCUT2D eigenvalue weighted by atomic mass is 10.0. The number of esters is 4. The predicted octanol–water partition coefficient (Wildman–Crippen LogP) is 6.94. The molecule has 0 aliphatic carbocycles. The Labute approximate surface area is 295 Å². The van der Waals surface area contributed by atoms with Crippen LogP contribution in [0.15, 0.2) is 115 Å². The maximum absolute atomic E-state index is 14.4. The normalized spacial score (nSPS) is 11.1. The molecule has 0 unspecified atom stereocenters. The number of anilines is 1. The Bertz CT molecular complexity index is 2040. The first-order valence-corrected chi connectivity index (χ1v) is 15.9. The van der Waals surface area contributed by atoms with Crippen molar-refractivity contribution in [1.29, 1.82) is 0 Å².